The fourth-order valence-corrected chi connectivity index (χ4v) is 2.80. The molecule has 4 heteroatoms. The zero-order valence-electron chi connectivity index (χ0n) is 12.9. The zero-order valence-corrected chi connectivity index (χ0v) is 13.7. The van der Waals surface area contributed by atoms with Gasteiger partial charge in [-0.05, 0) is 56.1 Å². The molecule has 0 heterocycles. The summed E-state index contributed by atoms with van der Waals surface area (Å²) >= 11 is 6.11. The second-order valence-corrected chi connectivity index (χ2v) is 5.70. The van der Waals surface area contributed by atoms with E-state index in [0.717, 1.165) is 16.9 Å². The Balaban J connectivity index is 2.27. The van der Waals surface area contributed by atoms with Crippen LogP contribution in [-0.4, -0.2) is 13.2 Å². The second kappa shape index (κ2) is 7.61. The fraction of sp³-hybridized carbons (Fsp3) is 0.333. The van der Waals surface area contributed by atoms with Gasteiger partial charge in [0.25, 0.3) is 0 Å². The normalized spacial score (nSPS) is 12.2. The van der Waals surface area contributed by atoms with E-state index in [1.807, 2.05) is 26.0 Å². The predicted octanol–water partition coefficient (Wildman–Crippen LogP) is 4.47. The molecule has 2 N–H and O–H groups in total. The minimum Gasteiger partial charge on any atom is -0.494 e. The second-order valence-electron chi connectivity index (χ2n) is 5.29. The van der Waals surface area contributed by atoms with Gasteiger partial charge in [0.1, 0.15) is 11.6 Å². The first-order valence-corrected chi connectivity index (χ1v) is 7.80. The third kappa shape index (κ3) is 3.79. The Morgan fingerprint density at radius 2 is 2.05 bits per heavy atom. The molecule has 0 saturated heterocycles. The smallest absolute Gasteiger partial charge is 0.127 e. The molecule has 0 fully saturated rings. The largest absolute Gasteiger partial charge is 0.494 e. The molecule has 22 heavy (non-hydrogen) atoms. The quantitative estimate of drug-likeness (QED) is 0.852. The summed E-state index contributed by atoms with van der Waals surface area (Å²) in [5.74, 6) is 0.600. The molecule has 2 rings (SSSR count). The summed E-state index contributed by atoms with van der Waals surface area (Å²) in [6.45, 7) is 5.01. The highest BCUT2D eigenvalue weighted by atomic mass is 35.5. The van der Waals surface area contributed by atoms with Crippen LogP contribution in [0.1, 0.15) is 29.5 Å². The number of aryl methyl sites for hydroxylation is 1. The molecule has 0 bridgehead atoms. The fourth-order valence-electron chi connectivity index (χ4n) is 2.55. The summed E-state index contributed by atoms with van der Waals surface area (Å²) in [5, 5.41) is 0.445. The van der Waals surface area contributed by atoms with E-state index in [1.54, 1.807) is 12.1 Å². The summed E-state index contributed by atoms with van der Waals surface area (Å²) in [5.41, 5.74) is 8.55. The highest BCUT2D eigenvalue weighted by molar-refractivity contribution is 6.31. The average Bonchev–Trinajstić information content (AvgIpc) is 2.49. The molecule has 0 saturated carbocycles. The number of ether oxygens (including phenoxy) is 1. The van der Waals surface area contributed by atoms with Crippen LogP contribution in [0.4, 0.5) is 4.39 Å². The van der Waals surface area contributed by atoms with E-state index in [0.29, 0.717) is 30.2 Å². The van der Waals surface area contributed by atoms with Gasteiger partial charge in [0.05, 0.1) is 6.61 Å². The number of benzene rings is 2. The van der Waals surface area contributed by atoms with Gasteiger partial charge in [-0.1, -0.05) is 29.8 Å². The van der Waals surface area contributed by atoms with Crippen LogP contribution in [0.2, 0.25) is 5.02 Å². The topological polar surface area (TPSA) is 35.2 Å². The van der Waals surface area contributed by atoms with Crippen LogP contribution in [0.3, 0.4) is 0 Å². The number of nitrogens with two attached hydrogens (primary N) is 1. The van der Waals surface area contributed by atoms with Crippen molar-refractivity contribution in [2.24, 2.45) is 5.73 Å². The maximum atomic E-state index is 14.0. The van der Waals surface area contributed by atoms with Crippen LogP contribution in [0, 0.1) is 12.7 Å². The minimum atomic E-state index is -0.284. The molecule has 0 spiro atoms. The van der Waals surface area contributed by atoms with Gasteiger partial charge in [-0.2, -0.15) is 0 Å². The molecule has 1 unspecified atom stereocenters. The van der Waals surface area contributed by atoms with Crippen molar-refractivity contribution in [2.45, 2.75) is 26.2 Å². The Bertz CT molecular complexity index is 625. The van der Waals surface area contributed by atoms with E-state index in [1.165, 1.54) is 6.07 Å². The average molecular weight is 322 g/mol. The molecule has 2 aromatic carbocycles. The monoisotopic (exact) mass is 321 g/mol. The molecule has 1 atom stereocenters. The number of hydrogen-bond acceptors (Lipinski definition) is 2. The summed E-state index contributed by atoms with van der Waals surface area (Å²) < 4.78 is 19.5. The Morgan fingerprint density at radius 1 is 1.27 bits per heavy atom. The lowest BCUT2D eigenvalue weighted by atomic mass is 9.90. The van der Waals surface area contributed by atoms with Crippen LogP contribution in [0.15, 0.2) is 36.4 Å². The number of rotatable bonds is 6. The van der Waals surface area contributed by atoms with Crippen molar-refractivity contribution in [3.63, 3.8) is 0 Å². The van der Waals surface area contributed by atoms with Gasteiger partial charge in [0.2, 0.25) is 0 Å². The molecule has 2 nitrogen and oxygen atoms in total. The van der Waals surface area contributed by atoms with Crippen molar-refractivity contribution in [1.82, 2.24) is 0 Å². The van der Waals surface area contributed by atoms with E-state index in [4.69, 9.17) is 22.1 Å². The summed E-state index contributed by atoms with van der Waals surface area (Å²) in [6.07, 6.45) is 0.482. The maximum absolute atomic E-state index is 14.0. The van der Waals surface area contributed by atoms with E-state index in [2.05, 4.69) is 6.07 Å². The standard InChI is InChI=1S/C18H21ClFNO/c1-3-22-18-8-7-13(9-12(18)2)14(11-21)10-15-16(19)5-4-6-17(15)20/h4-9,14H,3,10-11,21H2,1-2H3. The van der Waals surface area contributed by atoms with Gasteiger partial charge in [-0.15, -0.1) is 0 Å². The van der Waals surface area contributed by atoms with Crippen LogP contribution in [0.5, 0.6) is 5.75 Å². The lowest BCUT2D eigenvalue weighted by molar-refractivity contribution is 0.337. The molecular formula is C18H21ClFNO. The van der Waals surface area contributed by atoms with Crippen molar-refractivity contribution < 1.29 is 9.13 Å². The zero-order chi connectivity index (χ0) is 16.1. The molecule has 0 amide bonds. The van der Waals surface area contributed by atoms with Gasteiger partial charge in [-0.3, -0.25) is 0 Å². The Hall–Kier alpha value is -1.58. The Labute approximate surface area is 136 Å². The Kier molecular flexibility index (Phi) is 5.81. The summed E-state index contributed by atoms with van der Waals surface area (Å²) in [7, 11) is 0. The van der Waals surface area contributed by atoms with Crippen LogP contribution < -0.4 is 10.5 Å². The summed E-state index contributed by atoms with van der Waals surface area (Å²) in [6, 6.07) is 10.7. The third-order valence-corrected chi connectivity index (χ3v) is 4.12. The highest BCUT2D eigenvalue weighted by Crippen LogP contribution is 2.29. The maximum Gasteiger partial charge on any atom is 0.127 e. The van der Waals surface area contributed by atoms with E-state index in [9.17, 15) is 4.39 Å². The molecule has 0 aromatic heterocycles. The molecule has 0 radical (unpaired) electrons. The first kappa shape index (κ1) is 16.8. The van der Waals surface area contributed by atoms with Crippen molar-refractivity contribution >= 4 is 11.6 Å². The lowest BCUT2D eigenvalue weighted by Crippen LogP contribution is -2.16. The van der Waals surface area contributed by atoms with Crippen LogP contribution in [0.25, 0.3) is 0 Å². The molecule has 0 aliphatic rings. The van der Waals surface area contributed by atoms with Gasteiger partial charge >= 0.3 is 0 Å². The number of hydrogen-bond donors (Lipinski definition) is 1. The first-order chi connectivity index (χ1) is 10.6. The van der Waals surface area contributed by atoms with Gasteiger partial charge in [0, 0.05) is 16.5 Å². The van der Waals surface area contributed by atoms with Crippen molar-refractivity contribution in [1.29, 1.82) is 0 Å². The Morgan fingerprint density at radius 3 is 2.64 bits per heavy atom. The lowest BCUT2D eigenvalue weighted by Gasteiger charge is -2.18. The van der Waals surface area contributed by atoms with Crippen LogP contribution in [-0.2, 0) is 6.42 Å². The summed E-state index contributed by atoms with van der Waals surface area (Å²) in [4.78, 5) is 0. The van der Waals surface area contributed by atoms with Crippen molar-refractivity contribution in [3.05, 3.63) is 63.9 Å². The van der Waals surface area contributed by atoms with Crippen molar-refractivity contribution in [3.8, 4) is 5.75 Å². The van der Waals surface area contributed by atoms with Gasteiger partial charge in [-0.25, -0.2) is 4.39 Å². The molecule has 118 valence electrons. The number of halogens is 2. The van der Waals surface area contributed by atoms with E-state index < -0.39 is 0 Å². The first-order valence-electron chi connectivity index (χ1n) is 7.43. The molecular weight excluding hydrogens is 301 g/mol. The predicted molar refractivity (Wildman–Crippen MR) is 89.3 cm³/mol. The molecule has 2 aromatic rings. The molecule has 0 aliphatic carbocycles. The SMILES string of the molecule is CCOc1ccc(C(CN)Cc2c(F)cccc2Cl)cc1C. The van der Waals surface area contributed by atoms with Gasteiger partial charge in [0.15, 0.2) is 0 Å². The van der Waals surface area contributed by atoms with E-state index >= 15 is 0 Å². The van der Waals surface area contributed by atoms with Crippen LogP contribution >= 0.6 is 11.6 Å². The van der Waals surface area contributed by atoms with E-state index in [-0.39, 0.29) is 11.7 Å². The van der Waals surface area contributed by atoms with Gasteiger partial charge < -0.3 is 10.5 Å². The minimum absolute atomic E-state index is 0.0174. The van der Waals surface area contributed by atoms with Crippen molar-refractivity contribution in [2.75, 3.05) is 13.2 Å². The third-order valence-electron chi connectivity index (χ3n) is 3.77. The highest BCUT2D eigenvalue weighted by Gasteiger charge is 2.16. The molecule has 0 aliphatic heterocycles.